The van der Waals surface area contributed by atoms with E-state index in [-0.39, 0.29) is 36.1 Å². The van der Waals surface area contributed by atoms with Gasteiger partial charge in [0.15, 0.2) is 0 Å². The van der Waals surface area contributed by atoms with Crippen LogP contribution in [0.2, 0.25) is 0 Å². The van der Waals surface area contributed by atoms with Crippen LogP contribution in [0, 0.1) is 21.3 Å². The monoisotopic (exact) mass is 749 g/mol. The number of hydrogen-bond acceptors (Lipinski definition) is 6. The summed E-state index contributed by atoms with van der Waals surface area (Å²) in [5.74, 6) is -1.15. The molecule has 3 atom stereocenters. The third-order valence-electron chi connectivity index (χ3n) is 6.97. The van der Waals surface area contributed by atoms with Crippen molar-refractivity contribution < 1.29 is 24.0 Å². The van der Waals surface area contributed by atoms with Crippen LogP contribution in [0.25, 0.3) is 0 Å². The fourth-order valence-electron chi connectivity index (χ4n) is 4.66. The Balaban J connectivity index is 0.0000185. The summed E-state index contributed by atoms with van der Waals surface area (Å²) in [6.45, 7) is 19.0. The average molecular weight is 750 g/mol. The smallest absolute Gasteiger partial charge is 0.253 e. The number of likely N-dealkylation sites (N-methyl/N-ethyl adjacent to an activating group) is 1. The number of amides is 4. The molecule has 4 amide bonds. The van der Waals surface area contributed by atoms with E-state index in [2.05, 4.69) is 40.0 Å². The van der Waals surface area contributed by atoms with E-state index < -0.39 is 35.8 Å². The van der Waals surface area contributed by atoms with E-state index >= 15 is 0 Å². The molecule has 250 valence electrons. The molecule has 0 spiro atoms. The normalized spacial score (nSPS) is 13.2. The van der Waals surface area contributed by atoms with Gasteiger partial charge in [0.2, 0.25) is 11.8 Å². The van der Waals surface area contributed by atoms with E-state index in [4.69, 9.17) is 0 Å². The van der Waals surface area contributed by atoms with Gasteiger partial charge < -0.3 is 31.0 Å². The Morgan fingerprint density at radius 2 is 1.32 bits per heavy atom. The van der Waals surface area contributed by atoms with Gasteiger partial charge >= 0.3 is 0 Å². The van der Waals surface area contributed by atoms with E-state index in [1.165, 1.54) is 0 Å². The van der Waals surface area contributed by atoms with Crippen LogP contribution in [-0.4, -0.2) is 79.1 Å². The van der Waals surface area contributed by atoms with Gasteiger partial charge in [-0.25, -0.2) is 0 Å². The number of hydrogen-bond donors (Lipinski definition) is 4. The first-order valence-corrected chi connectivity index (χ1v) is 16.5. The lowest BCUT2D eigenvalue weighted by Crippen LogP contribution is -2.55. The molecule has 1 aromatic rings. The molecular formula is C32H53ClIN5O5. The Morgan fingerprint density at radius 1 is 0.795 bits per heavy atom. The van der Waals surface area contributed by atoms with E-state index in [9.17, 15) is 24.0 Å². The molecule has 0 aliphatic rings. The molecule has 0 aliphatic carbocycles. The van der Waals surface area contributed by atoms with Gasteiger partial charge in [-0.3, -0.25) is 19.2 Å². The van der Waals surface area contributed by atoms with Crippen LogP contribution in [0.1, 0.15) is 95.4 Å². The van der Waals surface area contributed by atoms with Crippen LogP contribution in [0.5, 0.6) is 0 Å². The topological polar surface area (TPSA) is 137 Å². The summed E-state index contributed by atoms with van der Waals surface area (Å²) >= 11 is 2.02. The van der Waals surface area contributed by atoms with Crippen LogP contribution >= 0.6 is 35.0 Å². The number of carbonyl (C=O) groups is 5. The van der Waals surface area contributed by atoms with Gasteiger partial charge in [0.1, 0.15) is 18.4 Å². The second kappa shape index (κ2) is 21.5. The van der Waals surface area contributed by atoms with Crippen LogP contribution in [0.4, 0.5) is 0 Å². The molecule has 0 fully saturated rings. The van der Waals surface area contributed by atoms with Gasteiger partial charge in [-0.1, -0.05) is 55.4 Å². The quantitative estimate of drug-likeness (QED) is 0.124. The van der Waals surface area contributed by atoms with Crippen molar-refractivity contribution in [3.8, 4) is 0 Å². The predicted molar refractivity (Wildman–Crippen MR) is 186 cm³/mol. The lowest BCUT2D eigenvalue weighted by molar-refractivity contribution is -0.131. The fourth-order valence-corrected chi connectivity index (χ4v) is 5.42. The third kappa shape index (κ3) is 15.2. The molecule has 12 heteroatoms. The first-order chi connectivity index (χ1) is 20.2. The van der Waals surface area contributed by atoms with Crippen molar-refractivity contribution in [1.29, 1.82) is 0 Å². The highest BCUT2D eigenvalue weighted by molar-refractivity contribution is 14.1. The number of benzene rings is 1. The van der Waals surface area contributed by atoms with Gasteiger partial charge in [-0.05, 0) is 90.9 Å². The molecule has 0 bridgehead atoms. The Labute approximate surface area is 283 Å². The minimum atomic E-state index is -0.883. The highest BCUT2D eigenvalue weighted by atomic mass is 127. The fraction of sp³-hybridized carbons (Fsp3) is 0.656. The van der Waals surface area contributed by atoms with Gasteiger partial charge in [0.05, 0.1) is 11.6 Å². The van der Waals surface area contributed by atoms with Crippen molar-refractivity contribution in [2.45, 2.75) is 92.8 Å². The van der Waals surface area contributed by atoms with Crippen LogP contribution < -0.4 is 21.3 Å². The molecule has 0 radical (unpaired) electrons. The predicted octanol–water partition coefficient (Wildman–Crippen LogP) is 4.19. The highest BCUT2D eigenvalue weighted by Gasteiger charge is 2.29. The second-order valence-electron chi connectivity index (χ2n) is 12.2. The molecule has 0 aliphatic heterocycles. The SMILES string of the molecule is CCN(CC)CCNC(=O)c1ccc(C(=O)N[C@@H](CC(C)C)C(=O)N[C@@H](CC(C)C)C(=O)N[C@H](C=O)CC(C)C)c(I)c1.Cl. The van der Waals surface area contributed by atoms with Crippen molar-refractivity contribution in [2.24, 2.45) is 17.8 Å². The first kappa shape index (κ1) is 41.8. The largest absolute Gasteiger partial charge is 0.351 e. The Morgan fingerprint density at radius 3 is 1.80 bits per heavy atom. The van der Waals surface area contributed by atoms with Gasteiger partial charge in [-0.2, -0.15) is 0 Å². The number of nitrogens with zero attached hydrogens (tertiary/aromatic N) is 1. The first-order valence-electron chi connectivity index (χ1n) is 15.4. The molecule has 44 heavy (non-hydrogen) atoms. The van der Waals surface area contributed by atoms with Crippen molar-refractivity contribution in [3.63, 3.8) is 0 Å². The molecular weight excluding hydrogens is 697 g/mol. The standard InChI is InChI=1S/C32H52IN5O5.ClH/c1-9-38(10-2)14-13-34-29(40)23-11-12-25(26(33)18-23)30(41)36-28(17-22(7)8)32(43)37-27(16-21(5)6)31(42)35-24(19-39)15-20(3)4;/h11-12,18-22,24,27-28H,9-10,13-17H2,1-8H3,(H,34,40)(H,35,42)(H,36,41)(H,37,43);1H/t24-,27-,28-;/m0./s1. The molecule has 1 aromatic carbocycles. The van der Waals surface area contributed by atoms with Gasteiger partial charge in [0, 0.05) is 22.2 Å². The molecule has 4 N–H and O–H groups in total. The van der Waals surface area contributed by atoms with Crippen molar-refractivity contribution in [3.05, 3.63) is 32.9 Å². The molecule has 0 saturated heterocycles. The van der Waals surface area contributed by atoms with Crippen molar-refractivity contribution in [1.82, 2.24) is 26.2 Å². The minimum Gasteiger partial charge on any atom is -0.351 e. The van der Waals surface area contributed by atoms with Crippen LogP contribution in [0.15, 0.2) is 18.2 Å². The Kier molecular flexibility index (Phi) is 20.4. The molecule has 10 nitrogen and oxygen atoms in total. The molecule has 0 heterocycles. The summed E-state index contributed by atoms with van der Waals surface area (Å²) < 4.78 is 0.581. The average Bonchev–Trinajstić information content (AvgIpc) is 2.93. The summed E-state index contributed by atoms with van der Waals surface area (Å²) in [6, 6.07) is 2.47. The number of rotatable bonds is 19. The van der Waals surface area contributed by atoms with Gasteiger partial charge in [0.25, 0.3) is 11.8 Å². The zero-order valence-corrected chi connectivity index (χ0v) is 30.5. The lowest BCUT2D eigenvalue weighted by atomic mass is 9.99. The van der Waals surface area contributed by atoms with E-state index in [0.717, 1.165) is 25.9 Å². The summed E-state index contributed by atoms with van der Waals surface area (Å²) in [6.07, 6.45) is 1.96. The van der Waals surface area contributed by atoms with Crippen LogP contribution in [0.3, 0.4) is 0 Å². The third-order valence-corrected chi connectivity index (χ3v) is 7.86. The van der Waals surface area contributed by atoms with E-state index in [0.29, 0.717) is 40.5 Å². The summed E-state index contributed by atoms with van der Waals surface area (Å²) in [5.41, 5.74) is 0.798. The Bertz CT molecular complexity index is 1080. The molecule has 0 aromatic heterocycles. The maximum Gasteiger partial charge on any atom is 0.253 e. The van der Waals surface area contributed by atoms with Crippen molar-refractivity contribution in [2.75, 3.05) is 26.2 Å². The summed E-state index contributed by atoms with van der Waals surface area (Å²) in [7, 11) is 0. The number of halogens is 2. The number of aldehydes is 1. The number of nitrogens with one attached hydrogen (secondary N) is 4. The molecule has 1 rings (SSSR count). The number of carbonyl (C=O) groups excluding carboxylic acids is 5. The van der Waals surface area contributed by atoms with E-state index in [1.54, 1.807) is 18.2 Å². The summed E-state index contributed by atoms with van der Waals surface area (Å²) in [4.78, 5) is 66.3. The van der Waals surface area contributed by atoms with Crippen LogP contribution in [-0.2, 0) is 14.4 Å². The maximum absolute atomic E-state index is 13.5. The van der Waals surface area contributed by atoms with Crippen molar-refractivity contribution >= 4 is 64.9 Å². The zero-order chi connectivity index (χ0) is 32.7. The van der Waals surface area contributed by atoms with E-state index in [1.807, 2.05) is 64.1 Å². The molecule has 0 unspecified atom stereocenters. The summed E-state index contributed by atoms with van der Waals surface area (Å²) in [5, 5.41) is 11.3. The second-order valence-corrected chi connectivity index (χ2v) is 13.4. The Hall–Kier alpha value is -2.25. The lowest BCUT2D eigenvalue weighted by Gasteiger charge is -2.26. The minimum absolute atomic E-state index is 0. The van der Waals surface area contributed by atoms with Gasteiger partial charge in [-0.15, -0.1) is 12.4 Å². The highest BCUT2D eigenvalue weighted by Crippen LogP contribution is 2.17. The molecule has 0 saturated carbocycles. The maximum atomic E-state index is 13.5. The zero-order valence-electron chi connectivity index (χ0n) is 27.5.